The molecule has 0 atom stereocenters. The molecule has 0 unspecified atom stereocenters. The maximum Gasteiger partial charge on any atom is 0.244 e. The lowest BCUT2D eigenvalue weighted by Gasteiger charge is -2.07. The third-order valence-corrected chi connectivity index (χ3v) is 4.11. The molecule has 0 aliphatic rings. The minimum Gasteiger partial charge on any atom is -0.440 e. The van der Waals surface area contributed by atoms with Crippen LogP contribution in [0.4, 0.5) is 5.69 Å². The second-order valence-corrected chi connectivity index (χ2v) is 6.61. The Kier molecular flexibility index (Phi) is 4.98. The maximum atomic E-state index is 12.4. The van der Waals surface area contributed by atoms with Crippen LogP contribution in [0.2, 0.25) is 0 Å². The van der Waals surface area contributed by atoms with Crippen molar-refractivity contribution in [2.24, 2.45) is 0 Å². The van der Waals surface area contributed by atoms with Gasteiger partial charge < -0.3 is 9.73 Å². The van der Waals surface area contributed by atoms with Crippen molar-refractivity contribution >= 4 is 34.9 Å². The number of rotatable bonds is 6. The number of carbonyl (C=O) groups excluding carboxylic acids is 1. The van der Waals surface area contributed by atoms with Gasteiger partial charge in [-0.3, -0.25) is 14.5 Å². The van der Waals surface area contributed by atoms with Gasteiger partial charge in [0.2, 0.25) is 5.91 Å². The number of aromatic amines is 1. The molecule has 0 radical (unpaired) electrons. The summed E-state index contributed by atoms with van der Waals surface area (Å²) in [7, 11) is 0. The molecule has 2 N–H and O–H groups in total. The van der Waals surface area contributed by atoms with E-state index in [9.17, 15) is 4.79 Å². The fourth-order valence-corrected chi connectivity index (χ4v) is 2.76. The number of anilines is 1. The number of aromatic nitrogens is 4. The van der Waals surface area contributed by atoms with Crippen LogP contribution < -0.4 is 5.32 Å². The van der Waals surface area contributed by atoms with E-state index in [4.69, 9.17) is 16.6 Å². The Morgan fingerprint density at radius 2 is 2.24 bits per heavy atom. The maximum absolute atomic E-state index is 12.4. The number of aryl methyl sites for hydroxylation is 1. The minimum absolute atomic E-state index is 0.124. The summed E-state index contributed by atoms with van der Waals surface area (Å²) < 4.78 is 7.85. The van der Waals surface area contributed by atoms with Crippen molar-refractivity contribution in [1.82, 2.24) is 19.7 Å². The van der Waals surface area contributed by atoms with Gasteiger partial charge in [0.05, 0.1) is 0 Å². The first-order valence-corrected chi connectivity index (χ1v) is 8.73. The molecule has 0 spiro atoms. The van der Waals surface area contributed by atoms with Crippen LogP contribution >= 0.6 is 12.2 Å². The van der Waals surface area contributed by atoms with Crippen molar-refractivity contribution in [2.45, 2.75) is 46.1 Å². The number of H-pyrrole nitrogens is 1. The van der Waals surface area contributed by atoms with E-state index >= 15 is 0 Å². The van der Waals surface area contributed by atoms with Crippen molar-refractivity contribution in [1.29, 1.82) is 0 Å². The molecule has 25 heavy (non-hydrogen) atoms. The summed E-state index contributed by atoms with van der Waals surface area (Å²) >= 11 is 5.20. The van der Waals surface area contributed by atoms with E-state index in [1.165, 1.54) is 0 Å². The van der Waals surface area contributed by atoms with E-state index in [1.807, 2.05) is 26.0 Å². The van der Waals surface area contributed by atoms with Crippen LogP contribution in [-0.2, 0) is 17.8 Å². The Morgan fingerprint density at radius 3 is 2.96 bits per heavy atom. The number of nitrogens with one attached hydrogen (secondary N) is 2. The van der Waals surface area contributed by atoms with Crippen molar-refractivity contribution in [3.63, 3.8) is 0 Å². The molecule has 8 heteroatoms. The number of amides is 1. The number of fused-ring (bicyclic) bond motifs is 1. The van der Waals surface area contributed by atoms with Crippen molar-refractivity contribution in [3.05, 3.63) is 34.7 Å². The molecule has 3 aromatic rings. The molecule has 2 aromatic heterocycles. The molecule has 0 bridgehead atoms. The SMILES string of the molecule is CCCc1n[nH]c(=S)n1CC(=O)Nc1ccc2oc(C(C)C)nc2c1. The zero-order valence-electron chi connectivity index (χ0n) is 14.5. The number of benzene rings is 1. The van der Waals surface area contributed by atoms with Crippen LogP contribution in [0.25, 0.3) is 11.1 Å². The smallest absolute Gasteiger partial charge is 0.244 e. The number of hydrogen-bond acceptors (Lipinski definition) is 5. The second kappa shape index (κ2) is 7.18. The number of carbonyl (C=O) groups is 1. The number of nitrogens with zero attached hydrogens (tertiary/aromatic N) is 3. The van der Waals surface area contributed by atoms with Gasteiger partial charge in [-0.1, -0.05) is 20.8 Å². The van der Waals surface area contributed by atoms with Crippen LogP contribution in [0.15, 0.2) is 22.6 Å². The summed E-state index contributed by atoms with van der Waals surface area (Å²) in [4.78, 5) is 16.8. The van der Waals surface area contributed by atoms with Gasteiger partial charge in [-0.25, -0.2) is 4.98 Å². The quantitative estimate of drug-likeness (QED) is 0.654. The van der Waals surface area contributed by atoms with Crippen LogP contribution in [0, 0.1) is 4.77 Å². The summed E-state index contributed by atoms with van der Waals surface area (Å²) in [6.45, 7) is 6.23. The van der Waals surface area contributed by atoms with Crippen molar-refractivity contribution in [3.8, 4) is 0 Å². The summed E-state index contributed by atoms with van der Waals surface area (Å²) in [5.74, 6) is 1.52. The summed E-state index contributed by atoms with van der Waals surface area (Å²) in [6, 6.07) is 5.43. The second-order valence-electron chi connectivity index (χ2n) is 6.22. The Morgan fingerprint density at radius 1 is 1.44 bits per heavy atom. The monoisotopic (exact) mass is 359 g/mol. The molecule has 132 valence electrons. The van der Waals surface area contributed by atoms with E-state index in [0.29, 0.717) is 21.9 Å². The molecule has 0 saturated carbocycles. The van der Waals surface area contributed by atoms with Gasteiger partial charge in [-0.15, -0.1) is 0 Å². The van der Waals surface area contributed by atoms with E-state index in [-0.39, 0.29) is 18.4 Å². The number of oxazole rings is 1. The topological polar surface area (TPSA) is 88.7 Å². The predicted molar refractivity (Wildman–Crippen MR) is 98.1 cm³/mol. The summed E-state index contributed by atoms with van der Waals surface area (Å²) in [5, 5.41) is 9.79. The highest BCUT2D eigenvalue weighted by molar-refractivity contribution is 7.71. The molecule has 7 nitrogen and oxygen atoms in total. The molecule has 0 fully saturated rings. The van der Waals surface area contributed by atoms with Gasteiger partial charge in [0.1, 0.15) is 17.9 Å². The standard InChI is InChI=1S/C17H21N5O2S/c1-4-5-14-20-21-17(25)22(14)9-15(23)18-11-6-7-13-12(8-11)19-16(24-13)10(2)3/h6-8,10H,4-5,9H2,1-3H3,(H,18,23)(H,21,25). The Labute approximate surface area is 150 Å². The summed E-state index contributed by atoms with van der Waals surface area (Å²) in [5.41, 5.74) is 2.12. The van der Waals surface area contributed by atoms with Crippen LogP contribution in [0.1, 0.15) is 44.8 Å². The first kappa shape index (κ1) is 17.3. The van der Waals surface area contributed by atoms with Crippen molar-refractivity contribution < 1.29 is 9.21 Å². The zero-order valence-corrected chi connectivity index (χ0v) is 15.3. The first-order valence-electron chi connectivity index (χ1n) is 8.32. The third kappa shape index (κ3) is 3.79. The normalized spacial score (nSPS) is 11.4. The van der Waals surface area contributed by atoms with Crippen LogP contribution in [0.5, 0.6) is 0 Å². The fraction of sp³-hybridized carbons (Fsp3) is 0.412. The molecule has 1 amide bonds. The Hall–Kier alpha value is -2.48. The highest BCUT2D eigenvalue weighted by Crippen LogP contribution is 2.23. The van der Waals surface area contributed by atoms with Crippen LogP contribution in [-0.4, -0.2) is 25.7 Å². The highest BCUT2D eigenvalue weighted by atomic mass is 32.1. The molecular weight excluding hydrogens is 338 g/mol. The average Bonchev–Trinajstić information content (AvgIpc) is 3.13. The fourth-order valence-electron chi connectivity index (χ4n) is 2.54. The molecule has 1 aromatic carbocycles. The van der Waals surface area contributed by atoms with E-state index in [2.05, 4.69) is 27.4 Å². The Balaban J connectivity index is 1.76. The third-order valence-electron chi connectivity index (χ3n) is 3.79. The van der Waals surface area contributed by atoms with Gasteiger partial charge in [0.25, 0.3) is 0 Å². The minimum atomic E-state index is -0.165. The highest BCUT2D eigenvalue weighted by Gasteiger charge is 2.12. The molecule has 0 aliphatic carbocycles. The first-order chi connectivity index (χ1) is 12.0. The largest absolute Gasteiger partial charge is 0.440 e. The Bertz CT molecular complexity index is 954. The lowest BCUT2D eigenvalue weighted by molar-refractivity contribution is -0.116. The van der Waals surface area contributed by atoms with Gasteiger partial charge in [-0.2, -0.15) is 5.10 Å². The molecule has 3 rings (SSSR count). The lowest BCUT2D eigenvalue weighted by Crippen LogP contribution is -2.20. The van der Waals surface area contributed by atoms with Crippen LogP contribution in [0.3, 0.4) is 0 Å². The summed E-state index contributed by atoms with van der Waals surface area (Å²) in [6.07, 6.45) is 1.70. The van der Waals surface area contributed by atoms with Gasteiger partial charge in [0.15, 0.2) is 16.2 Å². The van der Waals surface area contributed by atoms with E-state index < -0.39 is 0 Å². The molecule has 0 saturated heterocycles. The molecular formula is C17H21N5O2S. The lowest BCUT2D eigenvalue weighted by atomic mass is 10.2. The zero-order chi connectivity index (χ0) is 18.0. The molecule has 2 heterocycles. The molecule has 0 aliphatic heterocycles. The van der Waals surface area contributed by atoms with Crippen molar-refractivity contribution in [2.75, 3.05) is 5.32 Å². The predicted octanol–water partition coefficient (Wildman–Crippen LogP) is 3.80. The average molecular weight is 359 g/mol. The van der Waals surface area contributed by atoms with Gasteiger partial charge in [-0.05, 0) is 36.8 Å². The van der Waals surface area contributed by atoms with Gasteiger partial charge in [0, 0.05) is 18.0 Å². The van der Waals surface area contributed by atoms with Gasteiger partial charge >= 0.3 is 0 Å². The van der Waals surface area contributed by atoms with E-state index in [1.54, 1.807) is 10.6 Å². The van der Waals surface area contributed by atoms with E-state index in [0.717, 1.165) is 24.2 Å². The number of hydrogen-bond donors (Lipinski definition) is 2.